The van der Waals surface area contributed by atoms with E-state index in [0.29, 0.717) is 5.92 Å². The summed E-state index contributed by atoms with van der Waals surface area (Å²) < 4.78 is 5.62. The lowest BCUT2D eigenvalue weighted by molar-refractivity contribution is 0.357. The van der Waals surface area contributed by atoms with Gasteiger partial charge in [0.15, 0.2) is 0 Å². The molecule has 3 heteroatoms. The van der Waals surface area contributed by atoms with E-state index >= 15 is 0 Å². The fourth-order valence-corrected chi connectivity index (χ4v) is 3.04. The zero-order valence-corrected chi connectivity index (χ0v) is 10.2. The van der Waals surface area contributed by atoms with Crippen molar-refractivity contribution in [3.63, 3.8) is 0 Å². The van der Waals surface area contributed by atoms with Gasteiger partial charge in [0.1, 0.15) is 5.75 Å². The van der Waals surface area contributed by atoms with Crippen molar-refractivity contribution >= 4 is 12.4 Å². The summed E-state index contributed by atoms with van der Waals surface area (Å²) in [7, 11) is 0. The number of aryl methyl sites for hydroxylation is 1. The molecule has 3 rings (SSSR count). The van der Waals surface area contributed by atoms with Crippen molar-refractivity contribution in [1.29, 1.82) is 0 Å². The van der Waals surface area contributed by atoms with Gasteiger partial charge in [0.25, 0.3) is 0 Å². The van der Waals surface area contributed by atoms with E-state index in [1.807, 2.05) is 0 Å². The van der Waals surface area contributed by atoms with E-state index in [2.05, 4.69) is 12.1 Å². The molecule has 0 saturated heterocycles. The van der Waals surface area contributed by atoms with Crippen LogP contribution in [-0.2, 0) is 12.8 Å². The van der Waals surface area contributed by atoms with Gasteiger partial charge in [0.05, 0.1) is 6.61 Å². The lowest BCUT2D eigenvalue weighted by atomic mass is 9.92. The van der Waals surface area contributed by atoms with Crippen LogP contribution in [0.5, 0.6) is 5.75 Å². The maximum Gasteiger partial charge on any atom is 0.122 e. The number of hydrogen-bond acceptors (Lipinski definition) is 2. The smallest absolute Gasteiger partial charge is 0.122 e. The fourth-order valence-electron chi connectivity index (χ4n) is 3.04. The number of nitrogens with two attached hydrogens (primary N) is 1. The predicted molar refractivity (Wildman–Crippen MR) is 67.6 cm³/mol. The Labute approximate surface area is 103 Å². The maximum absolute atomic E-state index is 5.68. The van der Waals surface area contributed by atoms with Crippen molar-refractivity contribution in [3.8, 4) is 5.75 Å². The highest BCUT2D eigenvalue weighted by Crippen LogP contribution is 2.42. The average Bonchev–Trinajstić information content (AvgIpc) is 2.83. The molecule has 0 saturated carbocycles. The molecule has 0 bridgehead atoms. The Bertz CT molecular complexity index is 390. The van der Waals surface area contributed by atoms with E-state index < -0.39 is 0 Å². The van der Waals surface area contributed by atoms with Gasteiger partial charge in [-0.3, -0.25) is 0 Å². The third-order valence-electron chi connectivity index (χ3n) is 3.70. The second-order valence-corrected chi connectivity index (χ2v) is 4.53. The first-order valence-corrected chi connectivity index (χ1v) is 5.87. The van der Waals surface area contributed by atoms with Gasteiger partial charge < -0.3 is 10.5 Å². The van der Waals surface area contributed by atoms with Crippen molar-refractivity contribution in [3.05, 3.63) is 28.8 Å². The van der Waals surface area contributed by atoms with Crippen molar-refractivity contribution in [1.82, 2.24) is 0 Å². The molecule has 1 aromatic rings. The van der Waals surface area contributed by atoms with Crippen molar-refractivity contribution in [2.24, 2.45) is 5.73 Å². The first-order chi connectivity index (χ1) is 7.40. The second-order valence-electron chi connectivity index (χ2n) is 4.53. The number of halogens is 1. The Morgan fingerprint density at radius 2 is 2.19 bits per heavy atom. The molecular weight excluding hydrogens is 222 g/mol. The standard InChI is InChI=1S/C13H17NO.ClH/c14-7-5-10-2-1-9-3-4-12-11(13(9)10)6-8-15-12;/h3-4,10H,1-2,5-8,14H2;1H. The molecule has 0 fully saturated rings. The van der Waals surface area contributed by atoms with E-state index in [1.54, 1.807) is 5.56 Å². The molecule has 16 heavy (non-hydrogen) atoms. The van der Waals surface area contributed by atoms with Crippen LogP contribution in [0.1, 0.15) is 35.4 Å². The topological polar surface area (TPSA) is 35.2 Å². The maximum atomic E-state index is 5.68. The zero-order chi connectivity index (χ0) is 10.3. The molecule has 1 unspecified atom stereocenters. The minimum Gasteiger partial charge on any atom is -0.493 e. The van der Waals surface area contributed by atoms with Crippen LogP contribution in [0.3, 0.4) is 0 Å². The van der Waals surface area contributed by atoms with Crippen molar-refractivity contribution in [2.45, 2.75) is 31.6 Å². The first-order valence-electron chi connectivity index (χ1n) is 5.87. The van der Waals surface area contributed by atoms with Gasteiger partial charge in [-0.25, -0.2) is 0 Å². The average molecular weight is 240 g/mol. The minimum absolute atomic E-state index is 0. The van der Waals surface area contributed by atoms with Crippen LogP contribution < -0.4 is 10.5 Å². The molecule has 0 spiro atoms. The molecule has 0 radical (unpaired) electrons. The van der Waals surface area contributed by atoms with Crippen LogP contribution >= 0.6 is 12.4 Å². The quantitative estimate of drug-likeness (QED) is 0.861. The number of ether oxygens (including phenoxy) is 1. The molecule has 1 atom stereocenters. The fraction of sp³-hybridized carbons (Fsp3) is 0.538. The van der Waals surface area contributed by atoms with E-state index in [9.17, 15) is 0 Å². The molecule has 0 aromatic heterocycles. The van der Waals surface area contributed by atoms with Gasteiger partial charge in [0, 0.05) is 12.0 Å². The van der Waals surface area contributed by atoms with Gasteiger partial charge in [-0.1, -0.05) is 6.07 Å². The largest absolute Gasteiger partial charge is 0.493 e. The van der Waals surface area contributed by atoms with Crippen LogP contribution in [0.15, 0.2) is 12.1 Å². The molecule has 1 heterocycles. The molecular formula is C13H18ClNO. The van der Waals surface area contributed by atoms with E-state index in [1.165, 1.54) is 24.0 Å². The molecule has 1 aliphatic heterocycles. The van der Waals surface area contributed by atoms with Gasteiger partial charge in [-0.05, 0) is 48.9 Å². The number of rotatable bonds is 2. The third kappa shape index (κ3) is 1.70. The van der Waals surface area contributed by atoms with Crippen LogP contribution in [0.4, 0.5) is 0 Å². The van der Waals surface area contributed by atoms with Crippen LogP contribution in [-0.4, -0.2) is 13.2 Å². The van der Waals surface area contributed by atoms with Crippen molar-refractivity contribution in [2.75, 3.05) is 13.2 Å². The summed E-state index contributed by atoms with van der Waals surface area (Å²) in [6.45, 7) is 1.66. The van der Waals surface area contributed by atoms with Gasteiger partial charge in [-0.2, -0.15) is 0 Å². The summed E-state index contributed by atoms with van der Waals surface area (Å²) in [6.07, 6.45) is 4.74. The number of benzene rings is 1. The SMILES string of the molecule is Cl.NCCC1CCc2ccc3c(c21)CCO3. The van der Waals surface area contributed by atoms with Crippen molar-refractivity contribution < 1.29 is 4.74 Å². The normalized spacial score (nSPS) is 20.9. The summed E-state index contributed by atoms with van der Waals surface area (Å²) in [5.74, 6) is 1.82. The summed E-state index contributed by atoms with van der Waals surface area (Å²) in [5.41, 5.74) is 10.3. The van der Waals surface area contributed by atoms with Crippen LogP contribution in [0.25, 0.3) is 0 Å². The molecule has 88 valence electrons. The van der Waals surface area contributed by atoms with Gasteiger partial charge in [-0.15, -0.1) is 12.4 Å². The van der Waals surface area contributed by atoms with E-state index in [4.69, 9.17) is 10.5 Å². The highest BCUT2D eigenvalue weighted by atomic mass is 35.5. The molecule has 1 aromatic carbocycles. The summed E-state index contributed by atoms with van der Waals surface area (Å²) in [4.78, 5) is 0. The Hall–Kier alpha value is -0.730. The van der Waals surface area contributed by atoms with Crippen LogP contribution in [0.2, 0.25) is 0 Å². The number of fused-ring (bicyclic) bond motifs is 3. The first kappa shape index (κ1) is 11.7. The molecule has 2 nitrogen and oxygen atoms in total. The second kappa shape index (κ2) is 4.64. The minimum atomic E-state index is 0. The van der Waals surface area contributed by atoms with Gasteiger partial charge >= 0.3 is 0 Å². The van der Waals surface area contributed by atoms with E-state index in [-0.39, 0.29) is 12.4 Å². The Morgan fingerprint density at radius 1 is 1.31 bits per heavy atom. The molecule has 1 aliphatic carbocycles. The monoisotopic (exact) mass is 239 g/mol. The zero-order valence-electron chi connectivity index (χ0n) is 9.37. The lowest BCUT2D eigenvalue weighted by Crippen LogP contribution is -2.06. The molecule has 2 N–H and O–H groups in total. The molecule has 0 amide bonds. The Kier molecular flexibility index (Phi) is 3.41. The third-order valence-corrected chi connectivity index (χ3v) is 3.70. The summed E-state index contributed by atoms with van der Waals surface area (Å²) >= 11 is 0. The van der Waals surface area contributed by atoms with Gasteiger partial charge in [0.2, 0.25) is 0 Å². The van der Waals surface area contributed by atoms with Crippen LogP contribution in [0, 0.1) is 0 Å². The molecule has 2 aliphatic rings. The Balaban J connectivity index is 0.000000963. The summed E-state index contributed by atoms with van der Waals surface area (Å²) in [6, 6.07) is 4.39. The number of hydrogen-bond donors (Lipinski definition) is 1. The highest BCUT2D eigenvalue weighted by Gasteiger charge is 2.28. The highest BCUT2D eigenvalue weighted by molar-refractivity contribution is 5.85. The summed E-state index contributed by atoms with van der Waals surface area (Å²) in [5, 5.41) is 0. The Morgan fingerprint density at radius 3 is 3.00 bits per heavy atom. The van der Waals surface area contributed by atoms with E-state index in [0.717, 1.165) is 31.7 Å². The predicted octanol–water partition coefficient (Wildman–Crippen LogP) is 2.42. The lowest BCUT2D eigenvalue weighted by Gasteiger charge is -2.13.